The minimum absolute atomic E-state index is 0.344. The monoisotopic (exact) mass is 326 g/mol. The van der Waals surface area contributed by atoms with Gasteiger partial charge in [0.05, 0.1) is 16.3 Å². The van der Waals surface area contributed by atoms with E-state index in [0.717, 1.165) is 5.56 Å². The number of amides is 1. The highest BCUT2D eigenvalue weighted by atomic mass is 35.5. The lowest BCUT2D eigenvalue weighted by Gasteiger charge is -2.00. The molecule has 1 N–H and O–H groups in total. The molecule has 0 heterocycles. The highest BCUT2D eigenvalue weighted by Crippen LogP contribution is 2.21. The van der Waals surface area contributed by atoms with Gasteiger partial charge in [0.1, 0.15) is 0 Å². The van der Waals surface area contributed by atoms with Gasteiger partial charge in [0.2, 0.25) is 0 Å². The highest BCUT2D eigenvalue weighted by Gasteiger charge is 2.04. The number of halogens is 3. The Bertz CT molecular complexity index is 671. The first kappa shape index (κ1) is 14.9. The van der Waals surface area contributed by atoms with Crippen LogP contribution >= 0.6 is 34.8 Å². The van der Waals surface area contributed by atoms with Crippen molar-refractivity contribution in [3.63, 3.8) is 0 Å². The van der Waals surface area contributed by atoms with Crippen molar-refractivity contribution in [1.29, 1.82) is 0 Å². The molecule has 0 aliphatic heterocycles. The Morgan fingerprint density at radius 2 is 1.85 bits per heavy atom. The van der Waals surface area contributed by atoms with Crippen LogP contribution in [0.25, 0.3) is 0 Å². The molecule has 0 saturated carbocycles. The number of nitrogens with one attached hydrogen (secondary N) is 1. The van der Waals surface area contributed by atoms with Crippen LogP contribution in [-0.2, 0) is 0 Å². The quantitative estimate of drug-likeness (QED) is 0.658. The van der Waals surface area contributed by atoms with Crippen molar-refractivity contribution >= 4 is 46.9 Å². The molecular formula is C14H9Cl3N2O. The van der Waals surface area contributed by atoms with E-state index in [1.54, 1.807) is 42.5 Å². The van der Waals surface area contributed by atoms with E-state index in [1.165, 1.54) is 6.21 Å². The molecule has 0 aliphatic carbocycles. The van der Waals surface area contributed by atoms with Gasteiger partial charge in [0.25, 0.3) is 5.91 Å². The van der Waals surface area contributed by atoms with E-state index in [1.807, 2.05) is 0 Å². The number of hydrazone groups is 1. The third-order valence-electron chi connectivity index (χ3n) is 2.41. The topological polar surface area (TPSA) is 41.5 Å². The van der Waals surface area contributed by atoms with Gasteiger partial charge in [-0.15, -0.1) is 0 Å². The van der Waals surface area contributed by atoms with Gasteiger partial charge in [-0.1, -0.05) is 46.9 Å². The maximum Gasteiger partial charge on any atom is 0.271 e. The first-order valence-corrected chi connectivity index (χ1v) is 6.73. The van der Waals surface area contributed by atoms with Gasteiger partial charge in [0.15, 0.2) is 0 Å². The fraction of sp³-hybridized carbons (Fsp3) is 0. The van der Waals surface area contributed by atoms with E-state index in [-0.39, 0.29) is 5.91 Å². The Balaban J connectivity index is 2.02. The summed E-state index contributed by atoms with van der Waals surface area (Å²) < 4.78 is 0. The number of hydrogen-bond acceptors (Lipinski definition) is 2. The van der Waals surface area contributed by atoms with Crippen molar-refractivity contribution < 1.29 is 4.79 Å². The van der Waals surface area contributed by atoms with Crippen molar-refractivity contribution in [2.75, 3.05) is 0 Å². The van der Waals surface area contributed by atoms with Crippen molar-refractivity contribution in [2.24, 2.45) is 5.10 Å². The van der Waals surface area contributed by atoms with Crippen LogP contribution in [0.1, 0.15) is 15.9 Å². The van der Waals surface area contributed by atoms with Gasteiger partial charge >= 0.3 is 0 Å². The molecule has 20 heavy (non-hydrogen) atoms. The zero-order chi connectivity index (χ0) is 14.5. The third kappa shape index (κ3) is 3.97. The fourth-order valence-corrected chi connectivity index (χ4v) is 1.95. The largest absolute Gasteiger partial charge is 0.271 e. The van der Waals surface area contributed by atoms with Gasteiger partial charge in [-0.05, 0) is 35.9 Å². The SMILES string of the molecule is O=C(N/N=C/c1ccc(Cl)c(Cl)c1)c1cccc(Cl)c1. The zero-order valence-corrected chi connectivity index (χ0v) is 12.4. The molecule has 2 aromatic carbocycles. The van der Waals surface area contributed by atoms with Gasteiger partial charge in [0, 0.05) is 10.6 Å². The van der Waals surface area contributed by atoms with Crippen molar-refractivity contribution in [3.05, 3.63) is 68.7 Å². The predicted molar refractivity (Wildman–Crippen MR) is 83.0 cm³/mol. The summed E-state index contributed by atoms with van der Waals surface area (Å²) in [5.74, 6) is -0.344. The molecule has 0 aliphatic rings. The molecule has 0 spiro atoms. The number of benzene rings is 2. The second-order valence-electron chi connectivity index (χ2n) is 3.88. The van der Waals surface area contributed by atoms with Crippen molar-refractivity contribution in [3.8, 4) is 0 Å². The van der Waals surface area contributed by atoms with Crippen LogP contribution in [0.2, 0.25) is 15.1 Å². The second-order valence-corrected chi connectivity index (χ2v) is 5.13. The van der Waals surface area contributed by atoms with Crippen LogP contribution in [-0.4, -0.2) is 12.1 Å². The number of rotatable bonds is 3. The molecule has 0 aromatic heterocycles. The Hall–Kier alpha value is -1.55. The molecule has 1 amide bonds. The van der Waals surface area contributed by atoms with Gasteiger partial charge in [-0.3, -0.25) is 4.79 Å². The van der Waals surface area contributed by atoms with Crippen molar-refractivity contribution in [2.45, 2.75) is 0 Å². The maximum absolute atomic E-state index is 11.8. The number of hydrogen-bond donors (Lipinski definition) is 1. The molecule has 2 rings (SSSR count). The van der Waals surface area contributed by atoms with Crippen LogP contribution < -0.4 is 5.43 Å². The Kier molecular flexibility index (Phi) is 5.01. The summed E-state index contributed by atoms with van der Waals surface area (Å²) in [6.07, 6.45) is 1.48. The first-order valence-electron chi connectivity index (χ1n) is 5.60. The number of carbonyl (C=O) groups is 1. The van der Waals surface area contributed by atoms with Crippen LogP contribution in [0.3, 0.4) is 0 Å². The van der Waals surface area contributed by atoms with Crippen LogP contribution in [0.15, 0.2) is 47.6 Å². The molecule has 0 fully saturated rings. The molecule has 102 valence electrons. The first-order chi connectivity index (χ1) is 9.56. The smallest absolute Gasteiger partial charge is 0.267 e. The van der Waals surface area contributed by atoms with Crippen molar-refractivity contribution in [1.82, 2.24) is 5.43 Å². The molecular weight excluding hydrogens is 319 g/mol. The second kappa shape index (κ2) is 6.75. The molecule has 0 atom stereocenters. The summed E-state index contributed by atoms with van der Waals surface area (Å²) in [7, 11) is 0. The molecule has 0 saturated heterocycles. The van der Waals surface area contributed by atoms with Gasteiger partial charge < -0.3 is 0 Å². The van der Waals surface area contributed by atoms with Crippen LogP contribution in [0, 0.1) is 0 Å². The fourth-order valence-electron chi connectivity index (χ4n) is 1.45. The zero-order valence-electron chi connectivity index (χ0n) is 10.1. The van der Waals surface area contributed by atoms with Crippen LogP contribution in [0.5, 0.6) is 0 Å². The third-order valence-corrected chi connectivity index (χ3v) is 3.38. The highest BCUT2D eigenvalue weighted by molar-refractivity contribution is 6.42. The lowest BCUT2D eigenvalue weighted by molar-refractivity contribution is 0.0955. The summed E-state index contributed by atoms with van der Waals surface area (Å²) in [6.45, 7) is 0. The van der Waals surface area contributed by atoms with E-state index < -0.39 is 0 Å². The number of nitrogens with zero attached hydrogens (tertiary/aromatic N) is 1. The molecule has 3 nitrogen and oxygen atoms in total. The molecule has 0 radical (unpaired) electrons. The summed E-state index contributed by atoms with van der Waals surface area (Å²) in [4.78, 5) is 11.8. The van der Waals surface area contributed by atoms with E-state index in [9.17, 15) is 4.79 Å². The minimum Gasteiger partial charge on any atom is -0.267 e. The van der Waals surface area contributed by atoms with E-state index in [4.69, 9.17) is 34.8 Å². The maximum atomic E-state index is 11.8. The predicted octanol–water partition coefficient (Wildman–Crippen LogP) is 4.41. The van der Waals surface area contributed by atoms with Gasteiger partial charge in [-0.2, -0.15) is 5.10 Å². The normalized spacial score (nSPS) is 10.8. The Morgan fingerprint density at radius 1 is 1.05 bits per heavy atom. The van der Waals surface area contributed by atoms with E-state index in [0.29, 0.717) is 20.6 Å². The summed E-state index contributed by atoms with van der Waals surface area (Å²) in [5.41, 5.74) is 3.57. The minimum atomic E-state index is -0.344. The van der Waals surface area contributed by atoms with Crippen LogP contribution in [0.4, 0.5) is 0 Å². The number of carbonyl (C=O) groups excluding carboxylic acids is 1. The van der Waals surface area contributed by atoms with Gasteiger partial charge in [-0.25, -0.2) is 5.43 Å². The molecule has 0 bridgehead atoms. The average Bonchev–Trinajstić information content (AvgIpc) is 2.42. The summed E-state index contributed by atoms with van der Waals surface area (Å²) >= 11 is 17.5. The Labute approximate surface area is 131 Å². The Morgan fingerprint density at radius 3 is 2.55 bits per heavy atom. The summed E-state index contributed by atoms with van der Waals surface area (Å²) in [6, 6.07) is 11.6. The molecule has 0 unspecified atom stereocenters. The lowest BCUT2D eigenvalue weighted by atomic mass is 10.2. The lowest BCUT2D eigenvalue weighted by Crippen LogP contribution is -2.17. The van der Waals surface area contributed by atoms with E-state index in [2.05, 4.69) is 10.5 Å². The molecule has 2 aromatic rings. The van der Waals surface area contributed by atoms with E-state index >= 15 is 0 Å². The average molecular weight is 328 g/mol. The standard InChI is InChI=1S/C14H9Cl3N2O/c15-11-3-1-2-10(7-11)14(20)19-18-8-9-4-5-12(16)13(17)6-9/h1-8H,(H,19,20)/b18-8+. The summed E-state index contributed by atoms with van der Waals surface area (Å²) in [5, 5.41) is 5.23. The molecule has 6 heteroatoms.